The molecule has 5 heteroatoms. The fraction of sp³-hybridized carbons (Fsp3) is 0.222. The molecule has 0 saturated heterocycles. The summed E-state index contributed by atoms with van der Waals surface area (Å²) in [5, 5.41) is 11.8. The lowest BCUT2D eigenvalue weighted by molar-refractivity contribution is 0.0696. The summed E-state index contributed by atoms with van der Waals surface area (Å²) < 4.78 is 5.65. The van der Waals surface area contributed by atoms with Gasteiger partial charge in [0.05, 0.1) is 12.2 Å². The van der Waals surface area contributed by atoms with Crippen molar-refractivity contribution in [2.24, 2.45) is 0 Å². The molecule has 0 saturated carbocycles. The Hall–Kier alpha value is -2.82. The molecule has 0 fully saturated rings. The van der Waals surface area contributed by atoms with Crippen molar-refractivity contribution in [2.45, 2.75) is 18.9 Å². The van der Waals surface area contributed by atoms with Crippen molar-refractivity contribution >= 4 is 11.9 Å². The number of hydrogen-bond acceptors (Lipinski definition) is 3. The van der Waals surface area contributed by atoms with Crippen LogP contribution in [0.5, 0.6) is 5.75 Å². The third-order valence-electron chi connectivity index (χ3n) is 4.09. The first-order valence-electron chi connectivity index (χ1n) is 7.42. The van der Waals surface area contributed by atoms with Gasteiger partial charge in [0.25, 0.3) is 5.91 Å². The van der Waals surface area contributed by atoms with E-state index >= 15 is 0 Å². The third-order valence-corrected chi connectivity index (χ3v) is 4.09. The van der Waals surface area contributed by atoms with Crippen LogP contribution < -0.4 is 10.1 Å². The number of para-hydroxylation sites is 1. The highest BCUT2D eigenvalue weighted by atomic mass is 16.5. The first kappa shape index (κ1) is 15.1. The monoisotopic (exact) mass is 311 g/mol. The molecule has 2 aromatic carbocycles. The molecule has 1 amide bonds. The number of ether oxygens (including phenoxy) is 1. The topological polar surface area (TPSA) is 75.6 Å². The summed E-state index contributed by atoms with van der Waals surface area (Å²) in [7, 11) is 0. The minimum absolute atomic E-state index is 0.0923. The molecule has 5 nitrogen and oxygen atoms in total. The van der Waals surface area contributed by atoms with Crippen molar-refractivity contribution in [1.82, 2.24) is 5.32 Å². The van der Waals surface area contributed by atoms with Gasteiger partial charge >= 0.3 is 5.97 Å². The van der Waals surface area contributed by atoms with Gasteiger partial charge in [-0.05, 0) is 37.3 Å². The molecule has 2 atom stereocenters. The van der Waals surface area contributed by atoms with E-state index in [9.17, 15) is 9.59 Å². The number of rotatable bonds is 4. The van der Waals surface area contributed by atoms with E-state index in [1.807, 2.05) is 31.2 Å². The zero-order valence-electron chi connectivity index (χ0n) is 12.7. The van der Waals surface area contributed by atoms with Crippen molar-refractivity contribution in [2.75, 3.05) is 6.61 Å². The maximum Gasteiger partial charge on any atom is 0.335 e. The quantitative estimate of drug-likeness (QED) is 0.910. The zero-order valence-corrected chi connectivity index (χ0v) is 12.7. The molecule has 0 aliphatic carbocycles. The van der Waals surface area contributed by atoms with E-state index in [0.29, 0.717) is 12.2 Å². The normalized spacial score (nSPS) is 17.0. The highest BCUT2D eigenvalue weighted by Crippen LogP contribution is 2.35. The lowest BCUT2D eigenvalue weighted by Crippen LogP contribution is -2.37. The smallest absolute Gasteiger partial charge is 0.335 e. The molecule has 0 bridgehead atoms. The van der Waals surface area contributed by atoms with Gasteiger partial charge in [-0.25, -0.2) is 4.79 Å². The van der Waals surface area contributed by atoms with Gasteiger partial charge in [0.2, 0.25) is 0 Å². The van der Waals surface area contributed by atoms with E-state index in [2.05, 4.69) is 5.32 Å². The number of carboxylic acid groups (broad SMARTS) is 1. The molecule has 2 aromatic rings. The molecule has 1 aliphatic rings. The maximum atomic E-state index is 12.3. The average molecular weight is 311 g/mol. The van der Waals surface area contributed by atoms with Crippen molar-refractivity contribution in [3.8, 4) is 5.75 Å². The van der Waals surface area contributed by atoms with E-state index in [4.69, 9.17) is 9.84 Å². The first-order valence-corrected chi connectivity index (χ1v) is 7.42. The number of carbonyl (C=O) groups is 2. The second kappa shape index (κ2) is 6.12. The minimum atomic E-state index is -1.01. The number of benzene rings is 2. The average Bonchev–Trinajstić information content (AvgIpc) is 2.99. The van der Waals surface area contributed by atoms with Crippen molar-refractivity contribution in [1.29, 1.82) is 0 Å². The van der Waals surface area contributed by atoms with E-state index in [0.717, 1.165) is 11.3 Å². The Labute approximate surface area is 133 Å². The molecule has 0 unspecified atom stereocenters. The fourth-order valence-corrected chi connectivity index (χ4v) is 2.76. The minimum Gasteiger partial charge on any atom is -0.493 e. The summed E-state index contributed by atoms with van der Waals surface area (Å²) in [4.78, 5) is 23.1. The summed E-state index contributed by atoms with van der Waals surface area (Å²) in [6.45, 7) is 2.48. The summed E-state index contributed by atoms with van der Waals surface area (Å²) in [5.74, 6) is -0.262. The lowest BCUT2D eigenvalue weighted by Gasteiger charge is -2.20. The van der Waals surface area contributed by atoms with Crippen LogP contribution in [0.25, 0.3) is 0 Å². The second-order valence-corrected chi connectivity index (χ2v) is 5.60. The third kappa shape index (κ3) is 3.04. The first-order chi connectivity index (χ1) is 11.1. The van der Waals surface area contributed by atoms with Crippen LogP contribution >= 0.6 is 0 Å². The molecule has 0 spiro atoms. The Bertz CT molecular complexity index is 739. The van der Waals surface area contributed by atoms with Crippen LogP contribution in [0, 0.1) is 0 Å². The zero-order chi connectivity index (χ0) is 16.4. The van der Waals surface area contributed by atoms with Crippen LogP contribution in [-0.4, -0.2) is 29.6 Å². The largest absolute Gasteiger partial charge is 0.493 e. The van der Waals surface area contributed by atoms with E-state index in [-0.39, 0.29) is 23.4 Å². The van der Waals surface area contributed by atoms with Gasteiger partial charge in [0.1, 0.15) is 5.75 Å². The maximum absolute atomic E-state index is 12.3. The number of aromatic carboxylic acids is 1. The number of carboxylic acids is 1. The van der Waals surface area contributed by atoms with E-state index < -0.39 is 5.97 Å². The van der Waals surface area contributed by atoms with Gasteiger partial charge in [-0.3, -0.25) is 4.79 Å². The Balaban J connectivity index is 1.69. The van der Waals surface area contributed by atoms with Crippen LogP contribution in [0.2, 0.25) is 0 Å². The molecule has 3 rings (SSSR count). The van der Waals surface area contributed by atoms with Gasteiger partial charge in [-0.15, -0.1) is 0 Å². The SMILES string of the molecule is C[C@@H](NC(=O)c1ccc(C(=O)O)cc1)[C@H]1COc2ccccc21. The predicted molar refractivity (Wildman–Crippen MR) is 85.0 cm³/mol. The van der Waals surface area contributed by atoms with Gasteiger partial charge in [-0.2, -0.15) is 0 Å². The molecule has 1 heterocycles. The Morgan fingerprint density at radius 1 is 1.13 bits per heavy atom. The van der Waals surface area contributed by atoms with Crippen LogP contribution in [0.1, 0.15) is 39.1 Å². The number of hydrogen-bond donors (Lipinski definition) is 2. The van der Waals surface area contributed by atoms with E-state index in [1.54, 1.807) is 0 Å². The molecule has 0 radical (unpaired) electrons. The summed E-state index contributed by atoms with van der Waals surface area (Å²) >= 11 is 0. The Kier molecular flexibility index (Phi) is 4.02. The molecule has 1 aliphatic heterocycles. The van der Waals surface area contributed by atoms with Gasteiger partial charge in [0.15, 0.2) is 0 Å². The highest BCUT2D eigenvalue weighted by Gasteiger charge is 2.29. The summed E-state index contributed by atoms with van der Waals surface area (Å²) in [6, 6.07) is 13.6. The Morgan fingerprint density at radius 3 is 2.48 bits per heavy atom. The van der Waals surface area contributed by atoms with Crippen molar-refractivity contribution in [3.63, 3.8) is 0 Å². The summed E-state index contributed by atoms with van der Waals surface area (Å²) in [5.41, 5.74) is 1.70. The van der Waals surface area contributed by atoms with Crippen LogP contribution in [0.3, 0.4) is 0 Å². The second-order valence-electron chi connectivity index (χ2n) is 5.60. The predicted octanol–water partition coefficient (Wildman–Crippen LogP) is 2.68. The van der Waals surface area contributed by atoms with Gasteiger partial charge in [-0.1, -0.05) is 18.2 Å². The van der Waals surface area contributed by atoms with Gasteiger partial charge in [0, 0.05) is 23.1 Å². The Morgan fingerprint density at radius 2 is 1.78 bits per heavy atom. The van der Waals surface area contributed by atoms with E-state index in [1.165, 1.54) is 24.3 Å². The van der Waals surface area contributed by atoms with Crippen LogP contribution in [-0.2, 0) is 0 Å². The highest BCUT2D eigenvalue weighted by molar-refractivity contribution is 5.96. The fourth-order valence-electron chi connectivity index (χ4n) is 2.76. The number of nitrogens with one attached hydrogen (secondary N) is 1. The molecule has 23 heavy (non-hydrogen) atoms. The van der Waals surface area contributed by atoms with Crippen LogP contribution in [0.4, 0.5) is 0 Å². The lowest BCUT2D eigenvalue weighted by atomic mass is 9.94. The standard InChI is InChI=1S/C18H17NO4/c1-11(15-10-23-16-5-3-2-4-14(15)16)19-17(20)12-6-8-13(9-7-12)18(21)22/h2-9,11,15H,10H2,1H3,(H,19,20)(H,21,22)/t11-,15-/m1/s1. The number of fused-ring (bicyclic) bond motifs is 1. The molecular formula is C18H17NO4. The molecule has 118 valence electrons. The molecule has 0 aromatic heterocycles. The van der Waals surface area contributed by atoms with Gasteiger partial charge < -0.3 is 15.2 Å². The number of amides is 1. The van der Waals surface area contributed by atoms with Crippen molar-refractivity contribution < 1.29 is 19.4 Å². The number of carbonyl (C=O) groups excluding carboxylic acids is 1. The van der Waals surface area contributed by atoms with Crippen LogP contribution in [0.15, 0.2) is 48.5 Å². The van der Waals surface area contributed by atoms with Crippen molar-refractivity contribution in [3.05, 3.63) is 65.2 Å². The molecular weight excluding hydrogens is 294 g/mol. The summed E-state index contributed by atoms with van der Waals surface area (Å²) in [6.07, 6.45) is 0. The molecule has 2 N–H and O–H groups in total.